The Kier molecular flexibility index (Phi) is 5.30. The molecule has 0 saturated carbocycles. The van der Waals surface area contributed by atoms with Crippen molar-refractivity contribution in [3.63, 3.8) is 0 Å². The summed E-state index contributed by atoms with van der Waals surface area (Å²) in [6.07, 6.45) is 3.71. The molecule has 1 amide bonds. The highest BCUT2D eigenvalue weighted by Gasteiger charge is 2.20. The smallest absolute Gasteiger partial charge is 0.306 e. The number of hydrogen-bond acceptors (Lipinski definition) is 3. The van der Waals surface area contributed by atoms with Gasteiger partial charge in [-0.2, -0.15) is 0 Å². The Labute approximate surface area is 180 Å². The summed E-state index contributed by atoms with van der Waals surface area (Å²) in [5.41, 5.74) is 1.82. The molecule has 1 saturated heterocycles. The van der Waals surface area contributed by atoms with Crippen molar-refractivity contribution in [1.29, 1.82) is 0 Å². The van der Waals surface area contributed by atoms with Crippen LogP contribution in [0.1, 0.15) is 19.3 Å². The lowest BCUT2D eigenvalue weighted by Gasteiger charge is -2.26. The van der Waals surface area contributed by atoms with E-state index in [0.717, 1.165) is 35.9 Å². The Hall–Kier alpha value is -3.38. The molecule has 5 rings (SSSR count). The average Bonchev–Trinajstić information content (AvgIpc) is 3.10. The second-order valence-corrected chi connectivity index (χ2v) is 8.12. The number of anilines is 1. The van der Waals surface area contributed by atoms with Gasteiger partial charge in [-0.05, 0) is 49.5 Å². The molecule has 158 valence electrons. The molecule has 3 aromatic carbocycles. The van der Waals surface area contributed by atoms with Crippen LogP contribution >= 0.6 is 0 Å². The quantitative estimate of drug-likeness (QED) is 0.534. The summed E-state index contributed by atoms with van der Waals surface area (Å²) >= 11 is 0. The fraction of sp³-hybridized carbons (Fsp3) is 0.280. The Bertz CT molecular complexity index is 1290. The summed E-state index contributed by atoms with van der Waals surface area (Å²) < 4.78 is 2.99. The number of aromatic nitrogens is 2. The maximum absolute atomic E-state index is 13.3. The van der Waals surface area contributed by atoms with E-state index < -0.39 is 6.03 Å². The van der Waals surface area contributed by atoms with Crippen molar-refractivity contribution in [2.24, 2.45) is 0 Å². The Morgan fingerprint density at radius 3 is 2.35 bits per heavy atom. The van der Waals surface area contributed by atoms with E-state index in [-0.39, 0.29) is 5.69 Å². The SMILES string of the molecule is O=C(Nc1cccc2ccccc12)n1c(=O)n(CCN2CCCCC2)c2ccccc21. The zero-order valence-corrected chi connectivity index (χ0v) is 17.5. The van der Waals surface area contributed by atoms with Gasteiger partial charge in [-0.3, -0.25) is 4.57 Å². The van der Waals surface area contributed by atoms with Crippen molar-refractivity contribution in [3.05, 3.63) is 77.2 Å². The van der Waals surface area contributed by atoms with Crippen molar-refractivity contribution in [2.45, 2.75) is 25.8 Å². The number of nitrogens with one attached hydrogen (secondary N) is 1. The fourth-order valence-electron chi connectivity index (χ4n) is 4.55. The molecule has 4 aromatic rings. The molecule has 6 nitrogen and oxygen atoms in total. The molecule has 31 heavy (non-hydrogen) atoms. The molecule has 0 bridgehead atoms. The van der Waals surface area contributed by atoms with Gasteiger partial charge >= 0.3 is 11.7 Å². The lowest BCUT2D eigenvalue weighted by molar-refractivity contribution is 0.220. The Morgan fingerprint density at radius 2 is 1.52 bits per heavy atom. The van der Waals surface area contributed by atoms with Crippen LogP contribution in [0.15, 0.2) is 71.5 Å². The van der Waals surface area contributed by atoms with Crippen LogP contribution in [0.2, 0.25) is 0 Å². The largest absolute Gasteiger partial charge is 0.337 e. The third kappa shape index (κ3) is 3.75. The predicted molar refractivity (Wildman–Crippen MR) is 125 cm³/mol. The third-order valence-corrected chi connectivity index (χ3v) is 6.16. The number of piperidine rings is 1. The highest BCUT2D eigenvalue weighted by molar-refractivity contribution is 6.04. The molecule has 6 heteroatoms. The van der Waals surface area contributed by atoms with Gasteiger partial charge in [0.05, 0.1) is 16.7 Å². The van der Waals surface area contributed by atoms with Gasteiger partial charge in [-0.15, -0.1) is 0 Å². The number of carbonyl (C=O) groups excluding carboxylic acids is 1. The molecule has 0 spiro atoms. The van der Waals surface area contributed by atoms with Crippen LogP contribution in [0.4, 0.5) is 10.5 Å². The molecular weight excluding hydrogens is 388 g/mol. The van der Waals surface area contributed by atoms with Gasteiger partial charge in [0, 0.05) is 18.5 Å². The van der Waals surface area contributed by atoms with Crippen molar-refractivity contribution in [1.82, 2.24) is 14.0 Å². The van der Waals surface area contributed by atoms with Gasteiger partial charge in [0.15, 0.2) is 0 Å². The zero-order valence-electron chi connectivity index (χ0n) is 17.5. The first-order chi connectivity index (χ1) is 15.2. The summed E-state index contributed by atoms with van der Waals surface area (Å²) in [6.45, 7) is 3.55. The second kappa shape index (κ2) is 8.40. The van der Waals surface area contributed by atoms with Crippen LogP contribution in [-0.2, 0) is 6.54 Å². The van der Waals surface area contributed by atoms with Crippen LogP contribution < -0.4 is 11.0 Å². The molecule has 1 N–H and O–H groups in total. The first-order valence-electron chi connectivity index (χ1n) is 10.9. The molecule has 0 atom stereocenters. The molecule has 0 unspecified atom stereocenters. The second-order valence-electron chi connectivity index (χ2n) is 8.12. The van der Waals surface area contributed by atoms with Crippen LogP contribution in [-0.4, -0.2) is 39.7 Å². The van der Waals surface area contributed by atoms with Crippen LogP contribution in [0.5, 0.6) is 0 Å². The summed E-state index contributed by atoms with van der Waals surface area (Å²) in [7, 11) is 0. The van der Waals surface area contributed by atoms with Crippen LogP contribution in [0.25, 0.3) is 21.8 Å². The van der Waals surface area contributed by atoms with E-state index in [2.05, 4.69) is 10.2 Å². The molecule has 1 fully saturated rings. The predicted octanol–water partition coefficient (Wildman–Crippen LogP) is 4.52. The highest BCUT2D eigenvalue weighted by Crippen LogP contribution is 2.23. The van der Waals surface area contributed by atoms with E-state index >= 15 is 0 Å². The fourth-order valence-corrected chi connectivity index (χ4v) is 4.55. The maximum atomic E-state index is 13.3. The summed E-state index contributed by atoms with van der Waals surface area (Å²) in [4.78, 5) is 28.9. The number of likely N-dealkylation sites (tertiary alicyclic amines) is 1. The van der Waals surface area contributed by atoms with Gasteiger partial charge in [0.25, 0.3) is 0 Å². The standard InChI is InChI=1S/C25H26N4O2/c30-24(26-21-12-8-10-19-9-2-3-11-20(19)21)29-23-14-5-4-13-22(23)28(25(29)31)18-17-27-15-6-1-7-16-27/h2-5,8-14H,1,6-7,15-18H2,(H,26,30). The van der Waals surface area contributed by atoms with E-state index in [9.17, 15) is 9.59 Å². The summed E-state index contributed by atoms with van der Waals surface area (Å²) in [5.74, 6) is 0. The maximum Gasteiger partial charge on any atom is 0.337 e. The van der Waals surface area contributed by atoms with Gasteiger partial charge in [0.2, 0.25) is 0 Å². The zero-order chi connectivity index (χ0) is 21.2. The number of imidazole rings is 1. The van der Waals surface area contributed by atoms with E-state index in [0.29, 0.717) is 17.7 Å². The van der Waals surface area contributed by atoms with Crippen LogP contribution in [0, 0.1) is 0 Å². The molecule has 1 aliphatic heterocycles. The monoisotopic (exact) mass is 414 g/mol. The average molecular weight is 415 g/mol. The van der Waals surface area contributed by atoms with E-state index in [1.54, 1.807) is 4.57 Å². The van der Waals surface area contributed by atoms with Gasteiger partial charge in [-0.1, -0.05) is 55.0 Å². The van der Waals surface area contributed by atoms with E-state index in [1.807, 2.05) is 66.7 Å². The van der Waals surface area contributed by atoms with Gasteiger partial charge in [0.1, 0.15) is 0 Å². The van der Waals surface area contributed by atoms with Crippen molar-refractivity contribution < 1.29 is 4.79 Å². The number of rotatable bonds is 4. The first-order valence-corrected chi connectivity index (χ1v) is 10.9. The number of benzene rings is 3. The number of amides is 1. The van der Waals surface area contributed by atoms with Crippen molar-refractivity contribution in [2.75, 3.05) is 25.0 Å². The molecule has 1 aromatic heterocycles. The Balaban J connectivity index is 1.48. The molecule has 0 radical (unpaired) electrons. The third-order valence-electron chi connectivity index (χ3n) is 6.16. The molecule has 1 aliphatic rings. The lowest BCUT2D eigenvalue weighted by Crippen LogP contribution is -2.36. The highest BCUT2D eigenvalue weighted by atomic mass is 16.2. The van der Waals surface area contributed by atoms with Gasteiger partial charge < -0.3 is 10.2 Å². The van der Waals surface area contributed by atoms with Gasteiger partial charge in [-0.25, -0.2) is 14.2 Å². The van der Waals surface area contributed by atoms with E-state index in [1.165, 1.54) is 23.8 Å². The molecule has 2 heterocycles. The molecular formula is C25H26N4O2. The summed E-state index contributed by atoms with van der Waals surface area (Å²) in [6, 6.07) is 20.7. The first kappa shape index (κ1) is 19.6. The minimum Gasteiger partial charge on any atom is -0.306 e. The Morgan fingerprint density at radius 1 is 0.806 bits per heavy atom. The van der Waals surface area contributed by atoms with Crippen molar-refractivity contribution >= 4 is 33.5 Å². The van der Waals surface area contributed by atoms with Crippen molar-refractivity contribution in [3.8, 4) is 0 Å². The number of carbonyl (C=O) groups is 1. The number of hydrogen-bond donors (Lipinski definition) is 1. The minimum atomic E-state index is -0.436. The summed E-state index contributed by atoms with van der Waals surface area (Å²) in [5, 5.41) is 4.94. The normalized spacial score (nSPS) is 14.8. The number of para-hydroxylation sites is 2. The topological polar surface area (TPSA) is 59.3 Å². The number of nitrogens with zero attached hydrogens (tertiary/aromatic N) is 3. The van der Waals surface area contributed by atoms with E-state index in [4.69, 9.17) is 0 Å². The number of fused-ring (bicyclic) bond motifs is 2. The minimum absolute atomic E-state index is 0.295. The lowest BCUT2D eigenvalue weighted by atomic mass is 10.1. The molecule has 0 aliphatic carbocycles. The van der Waals surface area contributed by atoms with Crippen LogP contribution in [0.3, 0.4) is 0 Å².